The van der Waals surface area contributed by atoms with Gasteiger partial charge in [0.05, 0.1) is 23.3 Å². The Morgan fingerprint density at radius 1 is 0.839 bits per heavy atom. The van der Waals surface area contributed by atoms with Gasteiger partial charge in [-0.1, -0.05) is 46.0 Å². The third-order valence-electron chi connectivity index (χ3n) is 6.04. The maximum Gasteiger partial charge on any atom is 0.222 e. The maximum absolute atomic E-state index is 5.96. The van der Waals surface area contributed by atoms with Gasteiger partial charge < -0.3 is 15.5 Å². The molecule has 4 rings (SSSR count). The third kappa shape index (κ3) is 6.86. The van der Waals surface area contributed by atoms with E-state index in [0.717, 1.165) is 67.6 Å². The summed E-state index contributed by atoms with van der Waals surface area (Å²) < 4.78 is 0. The predicted molar refractivity (Wildman–Crippen MR) is 128 cm³/mol. The molecule has 0 bridgehead atoms. The van der Waals surface area contributed by atoms with E-state index in [0.29, 0.717) is 5.95 Å². The van der Waals surface area contributed by atoms with Crippen molar-refractivity contribution in [3.8, 4) is 11.4 Å². The van der Waals surface area contributed by atoms with Crippen LogP contribution in [0.1, 0.15) is 70.2 Å². The number of aryl methyl sites for hydroxylation is 2. The first-order valence-corrected chi connectivity index (χ1v) is 12.0. The molecule has 1 aliphatic carbocycles. The van der Waals surface area contributed by atoms with Crippen LogP contribution >= 0.6 is 0 Å². The average Bonchev–Trinajstić information content (AvgIpc) is 2.79. The molecule has 0 atom stereocenters. The first-order valence-electron chi connectivity index (χ1n) is 12.0. The van der Waals surface area contributed by atoms with Crippen molar-refractivity contribution in [2.45, 2.75) is 71.6 Å². The number of nitrogens with zero attached hydrogens (tertiary/aromatic N) is 6. The summed E-state index contributed by atoms with van der Waals surface area (Å²) in [4.78, 5) is 22.8. The summed E-state index contributed by atoms with van der Waals surface area (Å²) in [6, 6.07) is 1.99. The second kappa shape index (κ2) is 11.9. The zero-order valence-corrected chi connectivity index (χ0v) is 19.6. The molecule has 0 aromatic carbocycles. The number of hydrogen-bond acceptors (Lipinski definition) is 7. The van der Waals surface area contributed by atoms with Gasteiger partial charge in [-0.05, 0) is 32.7 Å². The minimum absolute atomic E-state index is 0.293. The highest BCUT2D eigenvalue weighted by molar-refractivity contribution is 5.61. The van der Waals surface area contributed by atoms with Crippen LogP contribution in [0.3, 0.4) is 0 Å². The maximum atomic E-state index is 5.96. The van der Waals surface area contributed by atoms with Crippen LogP contribution < -0.4 is 10.6 Å². The molecule has 3 heterocycles. The molecule has 0 saturated carbocycles. The minimum Gasteiger partial charge on any atom is -0.368 e. The van der Waals surface area contributed by atoms with Gasteiger partial charge in [-0.3, -0.25) is 4.98 Å². The van der Waals surface area contributed by atoms with Gasteiger partial charge >= 0.3 is 0 Å². The van der Waals surface area contributed by atoms with E-state index in [1.54, 1.807) is 0 Å². The van der Waals surface area contributed by atoms with Gasteiger partial charge in [-0.2, -0.15) is 4.98 Å². The molecule has 2 aromatic rings. The number of anilines is 2. The lowest BCUT2D eigenvalue weighted by molar-refractivity contribution is 0.312. The van der Waals surface area contributed by atoms with Crippen LogP contribution in [-0.4, -0.2) is 58.1 Å². The Morgan fingerprint density at radius 2 is 1.52 bits per heavy atom. The summed E-state index contributed by atoms with van der Waals surface area (Å²) in [7, 11) is 2.14. The number of hydrogen-bond donors (Lipinski definition) is 1. The summed E-state index contributed by atoms with van der Waals surface area (Å²) in [5.74, 6) is 1.17. The molecule has 0 spiro atoms. The molecule has 1 saturated heterocycles. The van der Waals surface area contributed by atoms with Crippen molar-refractivity contribution in [3.63, 3.8) is 0 Å². The molecule has 170 valence electrons. The largest absolute Gasteiger partial charge is 0.368 e. The number of nitrogen functional groups attached to an aromatic ring is 1. The Kier molecular flexibility index (Phi) is 9.00. The fourth-order valence-electron chi connectivity index (χ4n) is 4.03. The molecule has 2 N–H and O–H groups in total. The second-order valence-corrected chi connectivity index (χ2v) is 8.68. The van der Waals surface area contributed by atoms with E-state index < -0.39 is 0 Å². The molecule has 0 unspecified atom stereocenters. The fourth-order valence-corrected chi connectivity index (χ4v) is 4.03. The zero-order chi connectivity index (χ0) is 22.1. The van der Waals surface area contributed by atoms with Gasteiger partial charge in [0.25, 0.3) is 0 Å². The van der Waals surface area contributed by atoms with Crippen molar-refractivity contribution in [1.29, 1.82) is 0 Å². The number of aromatic nitrogens is 4. The molecule has 7 nitrogen and oxygen atoms in total. The van der Waals surface area contributed by atoms with E-state index >= 15 is 0 Å². The summed E-state index contributed by atoms with van der Waals surface area (Å²) in [6.07, 6.45) is 13.2. The molecule has 31 heavy (non-hydrogen) atoms. The first kappa shape index (κ1) is 23.4. The summed E-state index contributed by atoms with van der Waals surface area (Å²) >= 11 is 0. The normalized spacial score (nSPS) is 16.4. The molecular formula is C24H39N7. The molecule has 1 aliphatic heterocycles. The SMILES string of the molecule is CCCCCCC.CN1CCN(c2cc(-c3cnc4c(n3)CCCC4)nc(N)n2)CC1. The Balaban J connectivity index is 0.000000339. The van der Waals surface area contributed by atoms with Gasteiger partial charge in [-0.15, -0.1) is 0 Å². The quantitative estimate of drug-likeness (QED) is 0.697. The third-order valence-corrected chi connectivity index (χ3v) is 6.04. The van der Waals surface area contributed by atoms with Crippen LogP contribution in [0.4, 0.5) is 11.8 Å². The first-order chi connectivity index (χ1) is 15.1. The number of unbranched alkanes of at least 4 members (excludes halogenated alkanes) is 4. The van der Waals surface area contributed by atoms with Crippen molar-refractivity contribution >= 4 is 11.8 Å². The molecular weight excluding hydrogens is 386 g/mol. The Hall–Kier alpha value is -2.28. The van der Waals surface area contributed by atoms with Crippen LogP contribution in [0.5, 0.6) is 0 Å². The highest BCUT2D eigenvalue weighted by Gasteiger charge is 2.19. The van der Waals surface area contributed by atoms with E-state index in [2.05, 4.69) is 45.6 Å². The van der Waals surface area contributed by atoms with E-state index in [4.69, 9.17) is 10.7 Å². The monoisotopic (exact) mass is 425 g/mol. The average molecular weight is 426 g/mol. The molecule has 1 fully saturated rings. The highest BCUT2D eigenvalue weighted by Crippen LogP contribution is 2.24. The van der Waals surface area contributed by atoms with Crippen LogP contribution in [0.15, 0.2) is 12.3 Å². The Labute approximate surface area is 187 Å². The van der Waals surface area contributed by atoms with Crippen LogP contribution in [0, 0.1) is 0 Å². The van der Waals surface area contributed by atoms with Crippen LogP contribution in [0.25, 0.3) is 11.4 Å². The fraction of sp³-hybridized carbons (Fsp3) is 0.667. The van der Waals surface area contributed by atoms with Crippen LogP contribution in [-0.2, 0) is 12.8 Å². The summed E-state index contributed by atoms with van der Waals surface area (Å²) in [5, 5.41) is 0. The zero-order valence-electron chi connectivity index (χ0n) is 19.6. The van der Waals surface area contributed by atoms with Gasteiger partial charge in [0.15, 0.2) is 0 Å². The van der Waals surface area contributed by atoms with Gasteiger partial charge in [0, 0.05) is 32.2 Å². The van der Waals surface area contributed by atoms with Crippen molar-refractivity contribution in [1.82, 2.24) is 24.8 Å². The van der Waals surface area contributed by atoms with E-state index in [9.17, 15) is 0 Å². The Morgan fingerprint density at radius 3 is 2.19 bits per heavy atom. The number of likely N-dealkylation sites (N-methyl/N-ethyl adjacent to an activating group) is 1. The van der Waals surface area contributed by atoms with E-state index in [-0.39, 0.29) is 0 Å². The van der Waals surface area contributed by atoms with E-state index in [1.165, 1.54) is 44.9 Å². The lowest BCUT2D eigenvalue weighted by Gasteiger charge is -2.33. The van der Waals surface area contributed by atoms with Crippen molar-refractivity contribution in [2.75, 3.05) is 43.9 Å². The number of piperazine rings is 1. The molecule has 2 aromatic heterocycles. The predicted octanol–water partition coefficient (Wildman–Crippen LogP) is 4.12. The standard InChI is InChI=1S/C17H23N7.C7H16/c1-23-6-8-24(9-7-23)16-10-14(21-17(18)22-16)15-11-19-12-4-2-3-5-13(12)20-15;1-3-5-7-6-4-2/h10-11H,2-9H2,1H3,(H2,18,21,22);3-7H2,1-2H3. The molecule has 0 radical (unpaired) electrons. The van der Waals surface area contributed by atoms with Gasteiger partial charge in [0.2, 0.25) is 5.95 Å². The van der Waals surface area contributed by atoms with Crippen molar-refractivity contribution in [2.24, 2.45) is 0 Å². The Bertz CT molecular complexity index is 812. The summed E-state index contributed by atoms with van der Waals surface area (Å²) in [5.41, 5.74) is 9.75. The minimum atomic E-state index is 0.293. The van der Waals surface area contributed by atoms with Crippen molar-refractivity contribution in [3.05, 3.63) is 23.7 Å². The summed E-state index contributed by atoms with van der Waals surface area (Å²) in [6.45, 7) is 8.44. The second-order valence-electron chi connectivity index (χ2n) is 8.68. The van der Waals surface area contributed by atoms with Crippen LogP contribution in [0.2, 0.25) is 0 Å². The molecule has 7 heteroatoms. The lowest BCUT2D eigenvalue weighted by atomic mass is 10.0. The van der Waals surface area contributed by atoms with E-state index in [1.807, 2.05) is 12.3 Å². The smallest absolute Gasteiger partial charge is 0.222 e. The number of fused-ring (bicyclic) bond motifs is 1. The van der Waals surface area contributed by atoms with Gasteiger partial charge in [-0.25, -0.2) is 9.97 Å². The lowest BCUT2D eigenvalue weighted by Crippen LogP contribution is -2.44. The number of nitrogens with two attached hydrogens (primary N) is 1. The highest BCUT2D eigenvalue weighted by atomic mass is 15.3. The topological polar surface area (TPSA) is 84.1 Å². The number of rotatable bonds is 6. The van der Waals surface area contributed by atoms with Gasteiger partial charge in [0.1, 0.15) is 11.5 Å². The van der Waals surface area contributed by atoms with Crippen molar-refractivity contribution < 1.29 is 0 Å². The molecule has 0 amide bonds. The molecule has 2 aliphatic rings.